The van der Waals surface area contributed by atoms with Crippen molar-refractivity contribution in [2.75, 3.05) is 39.0 Å². The lowest BCUT2D eigenvalue weighted by Crippen LogP contribution is -2.40. The van der Waals surface area contributed by atoms with E-state index in [1.165, 1.54) is 25.4 Å². The van der Waals surface area contributed by atoms with Crippen LogP contribution >= 0.6 is 11.8 Å². The van der Waals surface area contributed by atoms with Gasteiger partial charge in [0.25, 0.3) is 0 Å². The van der Waals surface area contributed by atoms with Gasteiger partial charge in [0.2, 0.25) is 0 Å². The van der Waals surface area contributed by atoms with Crippen LogP contribution in [0.4, 0.5) is 0 Å². The van der Waals surface area contributed by atoms with Crippen LogP contribution in [-0.2, 0) is 0 Å². The van der Waals surface area contributed by atoms with Gasteiger partial charge in [-0.15, -0.1) is 0 Å². The Bertz CT molecular complexity index is 141. The Morgan fingerprint density at radius 1 is 1.62 bits per heavy atom. The first-order valence-corrected chi connectivity index (χ1v) is 6.25. The van der Waals surface area contributed by atoms with E-state index in [0.717, 1.165) is 17.7 Å². The highest BCUT2D eigenvalue weighted by atomic mass is 32.2. The molecule has 1 saturated heterocycles. The third-order valence-corrected chi connectivity index (χ3v) is 3.58. The minimum Gasteiger partial charge on any atom is -0.319 e. The molecule has 1 heterocycles. The van der Waals surface area contributed by atoms with Crippen LogP contribution in [0.3, 0.4) is 0 Å². The fourth-order valence-corrected chi connectivity index (χ4v) is 2.99. The van der Waals surface area contributed by atoms with Crippen LogP contribution in [0.15, 0.2) is 0 Å². The Balaban J connectivity index is 2.19. The molecule has 0 radical (unpaired) electrons. The molecule has 1 rings (SSSR count). The van der Waals surface area contributed by atoms with Crippen molar-refractivity contribution in [2.45, 2.75) is 19.1 Å². The molecule has 0 aliphatic carbocycles. The molecule has 0 aromatic carbocycles. The van der Waals surface area contributed by atoms with Crippen molar-refractivity contribution in [3.63, 3.8) is 0 Å². The highest BCUT2D eigenvalue weighted by Gasteiger charge is 2.17. The summed E-state index contributed by atoms with van der Waals surface area (Å²) in [5.74, 6) is 2.09. The lowest BCUT2D eigenvalue weighted by molar-refractivity contribution is 0.246. The Kier molecular flexibility index (Phi) is 5.14. The SMILES string of the molecule is CNCC(C)CN1CCSC(C)C1. The van der Waals surface area contributed by atoms with Crippen molar-refractivity contribution in [1.29, 1.82) is 0 Å². The van der Waals surface area contributed by atoms with Crippen LogP contribution in [0.5, 0.6) is 0 Å². The molecule has 0 saturated carbocycles. The van der Waals surface area contributed by atoms with Crippen LogP contribution in [0.2, 0.25) is 0 Å². The quantitative estimate of drug-likeness (QED) is 0.739. The molecule has 0 spiro atoms. The predicted molar refractivity (Wildman–Crippen MR) is 61.5 cm³/mol. The molecule has 0 aromatic heterocycles. The van der Waals surface area contributed by atoms with E-state index in [4.69, 9.17) is 0 Å². The Labute approximate surface area is 86.5 Å². The minimum absolute atomic E-state index is 0.778. The zero-order valence-corrected chi connectivity index (χ0v) is 9.86. The van der Waals surface area contributed by atoms with Gasteiger partial charge in [0.05, 0.1) is 0 Å². The van der Waals surface area contributed by atoms with Crippen molar-refractivity contribution in [1.82, 2.24) is 10.2 Å². The molecule has 0 amide bonds. The van der Waals surface area contributed by atoms with Gasteiger partial charge in [0, 0.05) is 30.6 Å². The Morgan fingerprint density at radius 3 is 3.00 bits per heavy atom. The van der Waals surface area contributed by atoms with E-state index >= 15 is 0 Å². The number of nitrogens with one attached hydrogen (secondary N) is 1. The number of thioether (sulfide) groups is 1. The first-order valence-electron chi connectivity index (χ1n) is 5.21. The van der Waals surface area contributed by atoms with Gasteiger partial charge in [0.1, 0.15) is 0 Å². The van der Waals surface area contributed by atoms with Gasteiger partial charge in [-0.05, 0) is 19.5 Å². The Hall–Kier alpha value is 0.270. The summed E-state index contributed by atoms with van der Waals surface area (Å²) in [5, 5.41) is 4.07. The fraction of sp³-hybridized carbons (Fsp3) is 1.00. The number of rotatable bonds is 4. The monoisotopic (exact) mass is 202 g/mol. The van der Waals surface area contributed by atoms with Crippen LogP contribution in [0, 0.1) is 5.92 Å². The second kappa shape index (κ2) is 5.89. The molecule has 78 valence electrons. The predicted octanol–water partition coefficient (Wildman–Crippen LogP) is 1.28. The van der Waals surface area contributed by atoms with E-state index in [1.807, 2.05) is 7.05 Å². The van der Waals surface area contributed by atoms with Crippen molar-refractivity contribution in [3.05, 3.63) is 0 Å². The summed E-state index contributed by atoms with van der Waals surface area (Å²) in [6.45, 7) is 9.61. The molecule has 2 unspecified atom stereocenters. The highest BCUT2D eigenvalue weighted by Crippen LogP contribution is 2.18. The molecule has 1 aliphatic heterocycles. The standard InChI is InChI=1S/C10H22N2S/c1-9(6-11-3)7-12-4-5-13-10(2)8-12/h9-11H,4-8H2,1-3H3. The van der Waals surface area contributed by atoms with Gasteiger partial charge in [0.15, 0.2) is 0 Å². The molecule has 0 bridgehead atoms. The topological polar surface area (TPSA) is 15.3 Å². The molecule has 0 aromatic rings. The summed E-state index contributed by atoms with van der Waals surface area (Å²) in [4.78, 5) is 2.60. The van der Waals surface area contributed by atoms with Crippen molar-refractivity contribution in [3.8, 4) is 0 Å². The lowest BCUT2D eigenvalue weighted by Gasteiger charge is -2.32. The summed E-state index contributed by atoms with van der Waals surface area (Å²) >= 11 is 2.10. The number of hydrogen-bond acceptors (Lipinski definition) is 3. The molecule has 1 aliphatic rings. The van der Waals surface area contributed by atoms with Gasteiger partial charge in [-0.2, -0.15) is 11.8 Å². The minimum atomic E-state index is 0.778. The van der Waals surface area contributed by atoms with E-state index in [-0.39, 0.29) is 0 Å². The van der Waals surface area contributed by atoms with Gasteiger partial charge >= 0.3 is 0 Å². The molecule has 13 heavy (non-hydrogen) atoms. The average Bonchev–Trinajstić information content (AvgIpc) is 2.04. The maximum Gasteiger partial charge on any atom is 0.0147 e. The molecule has 2 nitrogen and oxygen atoms in total. The van der Waals surface area contributed by atoms with Crippen LogP contribution < -0.4 is 5.32 Å². The van der Waals surface area contributed by atoms with Crippen molar-refractivity contribution >= 4 is 11.8 Å². The molecular formula is C10H22N2S. The smallest absolute Gasteiger partial charge is 0.0147 e. The summed E-state index contributed by atoms with van der Waals surface area (Å²) in [6.07, 6.45) is 0. The van der Waals surface area contributed by atoms with Crippen molar-refractivity contribution < 1.29 is 0 Å². The maximum atomic E-state index is 3.24. The summed E-state index contributed by atoms with van der Waals surface area (Å²) < 4.78 is 0. The van der Waals surface area contributed by atoms with Gasteiger partial charge in [-0.1, -0.05) is 13.8 Å². The van der Waals surface area contributed by atoms with Crippen LogP contribution in [0.25, 0.3) is 0 Å². The first-order chi connectivity index (χ1) is 6.22. The largest absolute Gasteiger partial charge is 0.319 e. The van der Waals surface area contributed by atoms with Crippen molar-refractivity contribution in [2.24, 2.45) is 5.92 Å². The maximum absolute atomic E-state index is 3.24. The molecule has 2 atom stereocenters. The second-order valence-corrected chi connectivity index (χ2v) is 5.65. The first kappa shape index (κ1) is 11.3. The highest BCUT2D eigenvalue weighted by molar-refractivity contribution is 7.99. The number of hydrogen-bond donors (Lipinski definition) is 1. The zero-order valence-electron chi connectivity index (χ0n) is 9.05. The third kappa shape index (κ3) is 4.34. The third-order valence-electron chi connectivity index (χ3n) is 2.45. The second-order valence-electron chi connectivity index (χ2n) is 4.10. The van der Waals surface area contributed by atoms with Crippen LogP contribution in [-0.4, -0.2) is 49.1 Å². The van der Waals surface area contributed by atoms with E-state index in [2.05, 4.69) is 35.8 Å². The Morgan fingerprint density at radius 2 is 2.38 bits per heavy atom. The number of nitrogens with zero attached hydrogens (tertiary/aromatic N) is 1. The van der Waals surface area contributed by atoms with Gasteiger partial charge in [-0.3, -0.25) is 0 Å². The fourth-order valence-electron chi connectivity index (χ4n) is 1.91. The molecular weight excluding hydrogens is 180 g/mol. The summed E-state index contributed by atoms with van der Waals surface area (Å²) in [5.41, 5.74) is 0. The normalized spacial score (nSPS) is 27.5. The van der Waals surface area contributed by atoms with Gasteiger partial charge in [-0.25, -0.2) is 0 Å². The lowest BCUT2D eigenvalue weighted by atomic mass is 10.1. The van der Waals surface area contributed by atoms with E-state index in [9.17, 15) is 0 Å². The van der Waals surface area contributed by atoms with E-state index < -0.39 is 0 Å². The van der Waals surface area contributed by atoms with E-state index in [0.29, 0.717) is 0 Å². The van der Waals surface area contributed by atoms with Gasteiger partial charge < -0.3 is 10.2 Å². The summed E-state index contributed by atoms with van der Waals surface area (Å²) in [6, 6.07) is 0. The zero-order chi connectivity index (χ0) is 9.68. The average molecular weight is 202 g/mol. The molecule has 3 heteroatoms. The summed E-state index contributed by atoms with van der Waals surface area (Å²) in [7, 11) is 2.03. The molecule has 1 N–H and O–H groups in total. The van der Waals surface area contributed by atoms with E-state index in [1.54, 1.807) is 0 Å². The van der Waals surface area contributed by atoms with Crippen LogP contribution in [0.1, 0.15) is 13.8 Å². The molecule has 1 fully saturated rings.